The zero-order valence-corrected chi connectivity index (χ0v) is 11.7. The maximum atomic E-state index is 13.5. The van der Waals surface area contributed by atoms with E-state index in [0.717, 1.165) is 6.20 Å². The van der Waals surface area contributed by atoms with E-state index in [4.69, 9.17) is 11.6 Å². The monoisotopic (exact) mass is 310 g/mol. The van der Waals surface area contributed by atoms with Gasteiger partial charge in [0.2, 0.25) is 0 Å². The molecule has 0 amide bonds. The molecule has 0 aliphatic carbocycles. The second-order valence-corrected chi connectivity index (χ2v) is 4.32. The fraction of sp³-hybridized carbons (Fsp3) is 0.545. The molecule has 0 radical (unpaired) electrons. The highest BCUT2D eigenvalue weighted by Gasteiger charge is 2.32. The van der Waals surface area contributed by atoms with Crippen LogP contribution >= 0.6 is 0 Å². The Hall–Kier alpha value is -1.97. The molecule has 21 heavy (non-hydrogen) atoms. The first kappa shape index (κ1) is 17.1. The number of aromatic nitrogens is 2. The van der Waals surface area contributed by atoms with E-state index in [0.29, 0.717) is 11.4 Å². The van der Waals surface area contributed by atoms with E-state index < -0.39 is 24.7 Å². The van der Waals surface area contributed by atoms with Crippen molar-refractivity contribution in [3.63, 3.8) is 0 Å². The average Bonchev–Trinajstić information content (AvgIpc) is 2.74. The topological polar surface area (TPSA) is 85.1 Å². The quantitative estimate of drug-likeness (QED) is 0.422. The van der Waals surface area contributed by atoms with Crippen molar-refractivity contribution in [1.29, 1.82) is 0 Å². The van der Waals surface area contributed by atoms with Crippen LogP contribution in [-0.2, 0) is 0 Å². The Balaban J connectivity index is 3.05. The molecule has 6 nitrogen and oxygen atoms in total. The highest BCUT2D eigenvalue weighted by Crippen LogP contribution is 2.26. The van der Waals surface area contributed by atoms with Crippen molar-refractivity contribution in [3.05, 3.63) is 24.0 Å². The molecule has 1 aromatic heterocycles. The summed E-state index contributed by atoms with van der Waals surface area (Å²) in [6, 6.07) is -0.709. The van der Waals surface area contributed by atoms with Gasteiger partial charge in [-0.25, -0.2) is 5.84 Å². The third-order valence-corrected chi connectivity index (χ3v) is 2.86. The summed E-state index contributed by atoms with van der Waals surface area (Å²) in [5.74, 6) is 4.66. The van der Waals surface area contributed by atoms with Gasteiger partial charge in [-0.3, -0.25) is 4.68 Å². The molecule has 0 aliphatic heterocycles. The first-order chi connectivity index (χ1) is 9.73. The molecule has 1 unspecified atom stereocenters. The first-order valence-corrected chi connectivity index (χ1v) is 6.16. The van der Waals surface area contributed by atoms with Crippen LogP contribution in [0.4, 0.5) is 23.2 Å². The lowest BCUT2D eigenvalue weighted by Gasteiger charge is -2.28. The number of allylic oxidation sites excluding steroid dienone is 1. The summed E-state index contributed by atoms with van der Waals surface area (Å²) < 4.78 is 51.9. The number of nitrogens with one attached hydrogen (secondary N) is 1. The van der Waals surface area contributed by atoms with Crippen LogP contribution in [0.1, 0.15) is 19.4 Å². The van der Waals surface area contributed by atoms with Crippen molar-refractivity contribution in [2.45, 2.75) is 25.6 Å². The van der Waals surface area contributed by atoms with Gasteiger partial charge < -0.3 is 16.1 Å². The fourth-order valence-electron chi connectivity index (χ4n) is 1.91. The maximum Gasteiger partial charge on any atom is 0.407 e. The van der Waals surface area contributed by atoms with Crippen molar-refractivity contribution in [2.24, 2.45) is 11.6 Å². The van der Waals surface area contributed by atoms with Gasteiger partial charge >= 0.3 is 6.18 Å². The lowest BCUT2D eigenvalue weighted by molar-refractivity contribution is -0.143. The molecule has 0 aliphatic rings. The predicted octanol–water partition coefficient (Wildman–Crippen LogP) is 1.55. The Kier molecular flexibility index (Phi) is 5.41. The molecule has 0 aromatic carbocycles. The van der Waals surface area contributed by atoms with Gasteiger partial charge in [-0.15, -0.1) is 5.10 Å². The van der Waals surface area contributed by atoms with E-state index in [1.165, 1.54) is 17.9 Å². The summed E-state index contributed by atoms with van der Waals surface area (Å²) in [6.45, 7) is 0.337. The highest BCUT2D eigenvalue weighted by molar-refractivity contribution is 5.39. The second-order valence-electron chi connectivity index (χ2n) is 4.32. The van der Waals surface area contributed by atoms with E-state index in [-0.39, 0.29) is 11.4 Å². The number of hydrazine groups is 1. The summed E-state index contributed by atoms with van der Waals surface area (Å²) >= 11 is 0. The molecule has 120 valence electrons. The van der Waals surface area contributed by atoms with Crippen LogP contribution in [0, 0.1) is 5.95 Å². The molecular formula is C11H18F4N6. The van der Waals surface area contributed by atoms with Crippen LogP contribution in [0.5, 0.6) is 0 Å². The molecule has 0 spiro atoms. The molecule has 0 fully saturated rings. The van der Waals surface area contributed by atoms with Gasteiger partial charge in [0.15, 0.2) is 0 Å². The molecular weight excluding hydrogens is 292 g/mol. The minimum absolute atomic E-state index is 0.0000203. The number of anilines is 1. The Morgan fingerprint density at radius 1 is 1.57 bits per heavy atom. The molecule has 1 rings (SSSR count). The smallest absolute Gasteiger partial charge is 0.403 e. The van der Waals surface area contributed by atoms with E-state index in [1.54, 1.807) is 6.92 Å². The van der Waals surface area contributed by atoms with Gasteiger partial charge in [-0.05, 0) is 6.42 Å². The van der Waals surface area contributed by atoms with Gasteiger partial charge in [-0.2, -0.15) is 17.6 Å². The summed E-state index contributed by atoms with van der Waals surface area (Å²) in [4.78, 5) is 0. The van der Waals surface area contributed by atoms with E-state index >= 15 is 0 Å². The zero-order chi connectivity index (χ0) is 16.2. The van der Waals surface area contributed by atoms with Crippen molar-refractivity contribution < 1.29 is 17.6 Å². The minimum Gasteiger partial charge on any atom is -0.403 e. The Morgan fingerprint density at radius 3 is 2.57 bits per heavy atom. The van der Waals surface area contributed by atoms with Crippen molar-refractivity contribution in [3.8, 4) is 0 Å². The van der Waals surface area contributed by atoms with E-state index in [9.17, 15) is 17.6 Å². The number of alkyl halides is 3. The van der Waals surface area contributed by atoms with Crippen LogP contribution in [0.15, 0.2) is 18.1 Å². The van der Waals surface area contributed by atoms with Gasteiger partial charge in [-0.1, -0.05) is 6.92 Å². The number of rotatable bonds is 6. The van der Waals surface area contributed by atoms with Gasteiger partial charge in [0.05, 0.1) is 17.9 Å². The van der Waals surface area contributed by atoms with Crippen LogP contribution in [0.2, 0.25) is 0 Å². The Morgan fingerprint density at radius 2 is 2.19 bits per heavy atom. The minimum atomic E-state index is -4.48. The lowest BCUT2D eigenvalue weighted by atomic mass is 10.1. The van der Waals surface area contributed by atoms with Crippen molar-refractivity contribution in [2.75, 3.05) is 18.9 Å². The van der Waals surface area contributed by atoms with Crippen LogP contribution in [0.3, 0.4) is 0 Å². The first-order valence-electron chi connectivity index (χ1n) is 6.16. The van der Waals surface area contributed by atoms with Gasteiger partial charge in [0.1, 0.15) is 12.2 Å². The number of nitrogens with two attached hydrogens (primary N) is 2. The maximum absolute atomic E-state index is 13.5. The molecule has 10 heteroatoms. The number of halogens is 4. The zero-order valence-electron chi connectivity index (χ0n) is 11.7. The van der Waals surface area contributed by atoms with Gasteiger partial charge in [0, 0.05) is 13.2 Å². The number of hydrogen-bond donors (Lipinski definition) is 3. The summed E-state index contributed by atoms with van der Waals surface area (Å²) in [5.41, 5.74) is 5.51. The van der Waals surface area contributed by atoms with Gasteiger partial charge in [0.25, 0.3) is 5.95 Å². The van der Waals surface area contributed by atoms with Crippen molar-refractivity contribution in [1.82, 2.24) is 14.8 Å². The third-order valence-electron chi connectivity index (χ3n) is 2.86. The van der Waals surface area contributed by atoms with Crippen LogP contribution < -0.4 is 16.9 Å². The van der Waals surface area contributed by atoms with Crippen LogP contribution in [0.25, 0.3) is 0 Å². The third kappa shape index (κ3) is 4.25. The summed E-state index contributed by atoms with van der Waals surface area (Å²) in [5, 5.41) is 6.71. The van der Waals surface area contributed by atoms with Crippen molar-refractivity contribution >= 4 is 5.69 Å². The predicted molar refractivity (Wildman–Crippen MR) is 70.3 cm³/mol. The molecule has 1 heterocycles. The largest absolute Gasteiger partial charge is 0.407 e. The van der Waals surface area contributed by atoms with E-state index in [1.807, 2.05) is 0 Å². The Labute approximate surface area is 119 Å². The lowest BCUT2D eigenvalue weighted by Crippen LogP contribution is -2.41. The molecule has 1 atom stereocenters. The SMILES string of the molecule is CCC(/C(=C/N)N(N)CC(F)(F)F)n1cc(NC)c(F)n1. The molecule has 5 N–H and O–H groups in total. The van der Waals surface area contributed by atoms with E-state index in [2.05, 4.69) is 10.4 Å². The fourth-order valence-corrected chi connectivity index (χ4v) is 1.91. The summed E-state index contributed by atoms with van der Waals surface area (Å²) in [7, 11) is 1.50. The highest BCUT2D eigenvalue weighted by atomic mass is 19.4. The average molecular weight is 310 g/mol. The molecule has 0 bridgehead atoms. The molecule has 0 saturated carbocycles. The number of hydrogen-bond acceptors (Lipinski definition) is 5. The molecule has 1 aromatic rings. The number of nitrogens with zero attached hydrogens (tertiary/aromatic N) is 3. The van der Waals surface area contributed by atoms with Crippen LogP contribution in [-0.4, -0.2) is 34.6 Å². The normalized spacial score (nSPS) is 14.1. The second kappa shape index (κ2) is 6.66. The summed E-state index contributed by atoms with van der Waals surface area (Å²) in [6.07, 6.45) is -1.83. The Bertz CT molecular complexity index is 495. The molecule has 0 saturated heterocycles. The standard InChI is InChI=1S/C11H18F4N6/c1-3-8(21-5-7(18-2)10(12)19-21)9(4-16)20(17)6-11(13,14)15/h4-5,8,18H,3,6,16-17H2,1-2H3/b9-4-.